The second-order valence-corrected chi connectivity index (χ2v) is 7.71. The molecule has 1 unspecified atom stereocenters. The fraction of sp³-hybridized carbons (Fsp3) is 0.500. The van der Waals surface area contributed by atoms with Gasteiger partial charge in [-0.2, -0.15) is 0 Å². The average Bonchev–Trinajstić information content (AvgIpc) is 2.60. The molecular weight excluding hydrogens is 355 g/mol. The zero-order valence-electron chi connectivity index (χ0n) is 15.7. The van der Waals surface area contributed by atoms with E-state index in [4.69, 9.17) is 13.8 Å². The predicted octanol–water partition coefficient (Wildman–Crippen LogP) is 3.84. The highest BCUT2D eigenvalue weighted by atomic mass is 31.2. The summed E-state index contributed by atoms with van der Waals surface area (Å²) in [7, 11) is -3.58. The molecule has 0 saturated heterocycles. The van der Waals surface area contributed by atoms with Gasteiger partial charge in [0.1, 0.15) is 0 Å². The topological polar surface area (TPSA) is 85.9 Å². The summed E-state index contributed by atoms with van der Waals surface area (Å²) in [5.74, 6) is -0.903. The molecular formula is C18H29N2O5P. The molecule has 0 heterocycles. The van der Waals surface area contributed by atoms with Crippen molar-refractivity contribution in [2.24, 2.45) is 0 Å². The molecule has 0 fully saturated rings. The van der Waals surface area contributed by atoms with E-state index >= 15 is 0 Å². The molecule has 8 heteroatoms. The maximum absolute atomic E-state index is 13.2. The van der Waals surface area contributed by atoms with Gasteiger partial charge < -0.3 is 24.4 Å². The van der Waals surface area contributed by atoms with Gasteiger partial charge in [-0.05, 0) is 26.3 Å². The van der Waals surface area contributed by atoms with Crippen LogP contribution in [-0.2, 0) is 18.3 Å². The second-order valence-electron chi connectivity index (χ2n) is 5.60. The van der Waals surface area contributed by atoms with Crippen molar-refractivity contribution in [3.05, 3.63) is 48.0 Å². The summed E-state index contributed by atoms with van der Waals surface area (Å²) in [6.07, 6.45) is 0. The summed E-state index contributed by atoms with van der Waals surface area (Å²) in [6, 6.07) is 8.51. The minimum absolute atomic E-state index is 0.207. The van der Waals surface area contributed by atoms with Crippen LogP contribution < -0.4 is 10.6 Å². The van der Waals surface area contributed by atoms with Gasteiger partial charge in [-0.25, -0.2) is 4.79 Å². The van der Waals surface area contributed by atoms with E-state index in [2.05, 4.69) is 17.2 Å². The number of hydrogen-bond acceptors (Lipinski definition) is 5. The van der Waals surface area contributed by atoms with Crippen LogP contribution in [0, 0.1) is 0 Å². The molecule has 1 atom stereocenters. The molecule has 0 aliphatic carbocycles. The molecule has 0 aromatic heterocycles. The van der Waals surface area contributed by atoms with E-state index in [1.807, 2.05) is 13.0 Å². The number of amides is 2. The number of rotatable bonds is 12. The normalized spacial score (nSPS) is 12.4. The van der Waals surface area contributed by atoms with Crippen LogP contribution in [-0.4, -0.2) is 39.0 Å². The van der Waals surface area contributed by atoms with Crippen LogP contribution in [0.2, 0.25) is 0 Å². The summed E-state index contributed by atoms with van der Waals surface area (Å²) in [5.41, 5.74) is 1.55. The Kier molecular flexibility index (Phi) is 10.2. The maximum Gasteiger partial charge on any atom is 0.357 e. The summed E-state index contributed by atoms with van der Waals surface area (Å²) in [6.45, 7) is 10.6. The van der Waals surface area contributed by atoms with Gasteiger partial charge in [0.15, 0.2) is 5.78 Å². The highest BCUT2D eigenvalue weighted by molar-refractivity contribution is 7.54. The van der Waals surface area contributed by atoms with Crippen molar-refractivity contribution in [1.82, 2.24) is 10.6 Å². The second kappa shape index (κ2) is 11.9. The van der Waals surface area contributed by atoms with Gasteiger partial charge in [-0.3, -0.25) is 4.57 Å². The molecule has 7 nitrogen and oxygen atoms in total. The lowest BCUT2D eigenvalue weighted by atomic mass is 10.2. The number of nitrogens with one attached hydrogen (secondary N) is 2. The van der Waals surface area contributed by atoms with E-state index in [0.29, 0.717) is 25.3 Å². The fourth-order valence-corrected chi connectivity index (χ4v) is 4.09. The Labute approximate surface area is 155 Å². The smallest absolute Gasteiger partial charge is 0.357 e. The third kappa shape index (κ3) is 7.70. The molecule has 0 radical (unpaired) electrons. The van der Waals surface area contributed by atoms with Crippen molar-refractivity contribution in [3.8, 4) is 0 Å². The minimum atomic E-state index is -3.58. The van der Waals surface area contributed by atoms with Crippen LogP contribution >= 0.6 is 7.60 Å². The van der Waals surface area contributed by atoms with Gasteiger partial charge in [-0.1, -0.05) is 42.5 Å². The van der Waals surface area contributed by atoms with Crippen molar-refractivity contribution < 1.29 is 23.1 Å². The Bertz CT molecular complexity index is 599. The van der Waals surface area contributed by atoms with E-state index in [9.17, 15) is 9.36 Å². The summed E-state index contributed by atoms with van der Waals surface area (Å²) in [5, 5.41) is 5.38. The number of ether oxygens (including phenoxy) is 1. The largest absolute Gasteiger partial charge is 0.375 e. The predicted molar refractivity (Wildman–Crippen MR) is 102 cm³/mol. The van der Waals surface area contributed by atoms with E-state index in [-0.39, 0.29) is 13.2 Å². The average molecular weight is 384 g/mol. The van der Waals surface area contributed by atoms with Crippen LogP contribution in [0.15, 0.2) is 42.5 Å². The first kappa shape index (κ1) is 22.4. The zero-order valence-corrected chi connectivity index (χ0v) is 16.6. The van der Waals surface area contributed by atoms with E-state index in [0.717, 1.165) is 5.57 Å². The Balaban J connectivity index is 2.78. The Morgan fingerprint density at radius 2 is 1.81 bits per heavy atom. The highest BCUT2D eigenvalue weighted by Crippen LogP contribution is 2.59. The van der Waals surface area contributed by atoms with Crippen molar-refractivity contribution in [2.45, 2.75) is 26.6 Å². The van der Waals surface area contributed by atoms with Crippen LogP contribution in [0.25, 0.3) is 0 Å². The molecule has 2 N–H and O–H groups in total. The number of carbonyl (C=O) groups is 1. The SMILES string of the molecule is C=C(C)COCCNC(=O)NC(c1ccccc1)P(=O)(OCC)OCC. The molecule has 2 amide bonds. The van der Waals surface area contributed by atoms with Crippen LogP contribution in [0.1, 0.15) is 32.1 Å². The zero-order chi connectivity index (χ0) is 19.4. The Hall–Kier alpha value is -1.66. The lowest BCUT2D eigenvalue weighted by Crippen LogP contribution is -2.39. The lowest BCUT2D eigenvalue weighted by Gasteiger charge is -2.27. The monoisotopic (exact) mass is 384 g/mol. The van der Waals surface area contributed by atoms with E-state index in [1.54, 1.807) is 38.1 Å². The van der Waals surface area contributed by atoms with E-state index in [1.165, 1.54) is 0 Å². The third-order valence-electron chi connectivity index (χ3n) is 3.20. The van der Waals surface area contributed by atoms with E-state index < -0.39 is 19.4 Å². The summed E-state index contributed by atoms with van der Waals surface area (Å²) in [4.78, 5) is 12.3. The molecule has 0 saturated carbocycles. The standard InChI is InChI=1S/C18H29N2O5P/c1-5-24-26(22,25-6-2)17(16-10-8-7-9-11-16)20-18(21)19-12-13-23-14-15(3)4/h7-11,17H,3,5-6,12-14H2,1-2,4H3,(H2,19,20,21). The third-order valence-corrected chi connectivity index (χ3v) is 5.49. The van der Waals surface area contributed by atoms with Gasteiger partial charge in [0.25, 0.3) is 0 Å². The number of benzene rings is 1. The van der Waals surface area contributed by atoms with Gasteiger partial charge >= 0.3 is 13.6 Å². The molecule has 0 spiro atoms. The van der Waals surface area contributed by atoms with Crippen molar-refractivity contribution in [3.63, 3.8) is 0 Å². The van der Waals surface area contributed by atoms with Crippen LogP contribution in [0.5, 0.6) is 0 Å². The molecule has 1 aromatic rings. The van der Waals surface area contributed by atoms with Gasteiger partial charge in [0.2, 0.25) is 0 Å². The van der Waals surface area contributed by atoms with Crippen LogP contribution in [0.4, 0.5) is 4.79 Å². The fourth-order valence-electron chi connectivity index (χ4n) is 2.18. The Morgan fingerprint density at radius 3 is 2.35 bits per heavy atom. The molecule has 1 rings (SSSR count). The van der Waals surface area contributed by atoms with Gasteiger partial charge in [-0.15, -0.1) is 0 Å². The summed E-state index contributed by atoms with van der Waals surface area (Å²) >= 11 is 0. The summed E-state index contributed by atoms with van der Waals surface area (Å²) < 4.78 is 29.3. The van der Waals surface area contributed by atoms with Gasteiger partial charge in [0.05, 0.1) is 26.4 Å². The Morgan fingerprint density at radius 1 is 1.19 bits per heavy atom. The molecule has 0 bridgehead atoms. The first-order chi connectivity index (χ1) is 12.4. The van der Waals surface area contributed by atoms with Crippen LogP contribution in [0.3, 0.4) is 0 Å². The quantitative estimate of drug-likeness (QED) is 0.325. The van der Waals surface area contributed by atoms with Crippen molar-refractivity contribution in [1.29, 1.82) is 0 Å². The van der Waals surface area contributed by atoms with Gasteiger partial charge in [0, 0.05) is 6.54 Å². The number of carbonyl (C=O) groups excluding carboxylic acids is 1. The molecule has 0 aliphatic rings. The lowest BCUT2D eigenvalue weighted by molar-refractivity contribution is 0.157. The van der Waals surface area contributed by atoms with Crippen molar-refractivity contribution >= 4 is 13.6 Å². The molecule has 26 heavy (non-hydrogen) atoms. The van der Waals surface area contributed by atoms with Crippen molar-refractivity contribution in [2.75, 3.05) is 33.0 Å². The maximum atomic E-state index is 13.2. The molecule has 146 valence electrons. The number of urea groups is 1. The first-order valence-corrected chi connectivity index (χ1v) is 10.2. The highest BCUT2D eigenvalue weighted by Gasteiger charge is 2.38. The first-order valence-electron chi connectivity index (χ1n) is 8.63. The molecule has 0 aliphatic heterocycles. The number of hydrogen-bond donors (Lipinski definition) is 2. The molecule has 1 aromatic carbocycles. The minimum Gasteiger partial charge on any atom is -0.375 e.